The van der Waals surface area contributed by atoms with E-state index in [1.54, 1.807) is 41.5 Å². The third kappa shape index (κ3) is 282. The molecule has 0 aromatic carbocycles. The average Bonchev–Trinajstić information content (AvgIpc) is 3.01. The molecule has 22 heteroatoms. The maximum atomic E-state index is 11.3. The fourth-order valence-corrected chi connectivity index (χ4v) is 1.41. The van der Waals surface area contributed by atoms with Crippen LogP contribution in [0.1, 0.15) is 159 Å². The summed E-state index contributed by atoms with van der Waals surface area (Å²) < 4.78 is 129. The number of hydrogen-bond acceptors (Lipinski definition) is 8. The van der Waals surface area contributed by atoms with Gasteiger partial charge in [0.2, 0.25) is 5.91 Å². The lowest BCUT2D eigenvalue weighted by Crippen LogP contribution is -2.27. The zero-order valence-electron chi connectivity index (χ0n) is 45.4. The topological polar surface area (TPSA) is 107 Å². The lowest BCUT2D eigenvalue weighted by molar-refractivity contribution is -0.338. The first-order valence-corrected chi connectivity index (χ1v) is 24.2. The van der Waals surface area contributed by atoms with Crippen molar-refractivity contribution in [3.63, 3.8) is 0 Å². The minimum atomic E-state index is -4.48. The van der Waals surface area contributed by atoms with Gasteiger partial charge in [-0.25, -0.2) is 8.78 Å². The monoisotopic (exact) mass is 1190 g/mol. The van der Waals surface area contributed by atoms with Crippen LogP contribution < -0.4 is 16.4 Å². The summed E-state index contributed by atoms with van der Waals surface area (Å²) in [4.78, 5) is 13.0. The van der Waals surface area contributed by atoms with E-state index in [-0.39, 0.29) is 30.3 Å². The number of nitrogens with two attached hydrogens (primary N) is 1. The Morgan fingerprint density at radius 3 is 0.985 bits per heavy atom. The first-order valence-electron chi connectivity index (χ1n) is 21.6. The molecular weight excluding hydrogens is 1100 g/mol. The highest BCUT2D eigenvalue weighted by Crippen LogP contribution is 2.18. The minimum absolute atomic E-state index is 0.0370. The molecule has 0 aromatic rings. The van der Waals surface area contributed by atoms with Gasteiger partial charge in [0.1, 0.15) is 13.2 Å². The first kappa shape index (κ1) is 92.2. The molecule has 9 nitrogen and oxygen atoms in total. The lowest BCUT2D eigenvalue weighted by Gasteiger charge is -2.12. The molecule has 4 N–H and O–H groups in total. The molecule has 0 bridgehead atoms. The Labute approximate surface area is 424 Å². The molecule has 66 heavy (non-hydrogen) atoms. The molecule has 0 aliphatic heterocycles. The molecule has 1 amide bonds. The SMILES string of the molecule is CC(=O)NC(C)C.CC(C)Br.CC(C)Cl.CC(C)I.CC(C)N.CC(C)N(C)C.CC(C)OC(F)(F)F.CC(C)OC(F)F.CC(C)OCC(F)(F)F.CC(C)OCC(F)F.CNC(C)C. The number of rotatable bonds is 11. The number of nitrogens with one attached hydrogen (secondary N) is 2. The standard InChI is InChI=1S/C5H9F3O.C5H10F2O.C5H11NO.C5H13N.C4H7F3O.C4H8F2O.C4H11N.C3H7Br.C3H7Cl.C3H7I.C3H9N/c1-4(2)9-3-5(6,7)8;1-4(2)8-3-5(6)7;1-4(2)6-5(3)7;1-5(2)6(3)4;1-3(2)8-4(5,6)7;1-3(2)7-4(5)6;1-4(2)5-3;4*1-3(2)4/h4H,3H2,1-2H3;4-5H,3H2,1-2H3;4H,1-3H3,(H,6,7);5H,1-4H3;3H,1-2H3;3-4H,1-2H3;4-5H,1-3H3;3*3H,1-2H3;3H,4H2,1-2H3. The van der Waals surface area contributed by atoms with Crippen LogP contribution in [0.5, 0.6) is 0 Å². The van der Waals surface area contributed by atoms with Gasteiger partial charge in [0.25, 0.3) is 6.43 Å². The predicted octanol–water partition coefficient (Wildman–Crippen LogP) is 14.9. The third-order valence-electron chi connectivity index (χ3n) is 3.98. The normalized spacial score (nSPS) is 10.7. The van der Waals surface area contributed by atoms with Crippen molar-refractivity contribution in [3.05, 3.63) is 0 Å². The fraction of sp³-hybridized carbons (Fsp3) is 0.977. The first-order chi connectivity index (χ1) is 29.1. The molecule has 0 unspecified atom stereocenters. The van der Waals surface area contributed by atoms with Crippen molar-refractivity contribution in [1.29, 1.82) is 0 Å². The van der Waals surface area contributed by atoms with E-state index < -0.39 is 44.9 Å². The van der Waals surface area contributed by atoms with Crippen molar-refractivity contribution < 1.29 is 67.6 Å². The van der Waals surface area contributed by atoms with Gasteiger partial charge in [-0.3, -0.25) is 9.53 Å². The summed E-state index contributed by atoms with van der Waals surface area (Å²) in [6.07, 6.45) is -12.6. The molecule has 0 saturated carbocycles. The van der Waals surface area contributed by atoms with E-state index in [0.29, 0.717) is 28.3 Å². The van der Waals surface area contributed by atoms with E-state index in [1.165, 1.54) is 20.8 Å². The van der Waals surface area contributed by atoms with Crippen molar-refractivity contribution in [2.75, 3.05) is 34.4 Å². The van der Waals surface area contributed by atoms with E-state index in [0.717, 1.165) is 3.92 Å². The quantitative estimate of drug-likeness (QED) is 0.107. The van der Waals surface area contributed by atoms with Crippen molar-refractivity contribution in [1.82, 2.24) is 15.5 Å². The molecule has 0 aromatic heterocycles. The van der Waals surface area contributed by atoms with Crippen molar-refractivity contribution in [3.8, 4) is 0 Å². The molecular formula is C44H99BrClF10IN4O5. The predicted molar refractivity (Wildman–Crippen MR) is 274 cm³/mol. The van der Waals surface area contributed by atoms with Crippen molar-refractivity contribution in [2.24, 2.45) is 5.73 Å². The number of carbonyl (C=O) groups excluding carboxylic acids is 1. The van der Waals surface area contributed by atoms with Crippen LogP contribution in [0.2, 0.25) is 0 Å². The van der Waals surface area contributed by atoms with Crippen molar-refractivity contribution >= 4 is 56.0 Å². The van der Waals surface area contributed by atoms with E-state index >= 15 is 0 Å². The van der Waals surface area contributed by atoms with Crippen LogP contribution in [0.4, 0.5) is 43.9 Å². The van der Waals surface area contributed by atoms with E-state index in [4.69, 9.17) is 17.3 Å². The summed E-state index contributed by atoms with van der Waals surface area (Å²) in [6.45, 7) is 38.3. The van der Waals surface area contributed by atoms with Gasteiger partial charge in [0, 0.05) is 39.2 Å². The zero-order chi connectivity index (χ0) is 56.3. The Hall–Kier alpha value is -0.0100. The van der Waals surface area contributed by atoms with Gasteiger partial charge in [-0.2, -0.15) is 22.0 Å². The summed E-state index contributed by atoms with van der Waals surface area (Å²) in [5.74, 6) is 0.0370. The summed E-state index contributed by atoms with van der Waals surface area (Å²) in [5, 5.41) is 6.00. The van der Waals surface area contributed by atoms with Gasteiger partial charge >= 0.3 is 19.2 Å². The highest BCUT2D eigenvalue weighted by molar-refractivity contribution is 14.1. The van der Waals surface area contributed by atoms with Gasteiger partial charge < -0.3 is 35.5 Å². The molecule has 0 rings (SSSR count). The highest BCUT2D eigenvalue weighted by Gasteiger charge is 2.30. The molecule has 0 aliphatic carbocycles. The number of alkyl halides is 13. The van der Waals surface area contributed by atoms with Crippen LogP contribution in [-0.2, 0) is 23.7 Å². The second-order valence-electron chi connectivity index (χ2n) is 16.4. The van der Waals surface area contributed by atoms with Gasteiger partial charge in [-0.1, -0.05) is 93.9 Å². The number of amides is 1. The minimum Gasteiger partial charge on any atom is -0.373 e. The molecule has 0 aliphatic rings. The molecule has 0 spiro atoms. The Morgan fingerprint density at radius 2 is 0.955 bits per heavy atom. The van der Waals surface area contributed by atoms with Crippen LogP contribution in [0.3, 0.4) is 0 Å². The van der Waals surface area contributed by atoms with Crippen LogP contribution in [0, 0.1) is 0 Å². The summed E-state index contributed by atoms with van der Waals surface area (Å²) in [6, 6.07) is 1.93. The van der Waals surface area contributed by atoms with Crippen LogP contribution in [0.25, 0.3) is 0 Å². The number of halogens is 13. The van der Waals surface area contributed by atoms with Crippen LogP contribution in [-0.4, -0.2) is 133 Å². The maximum absolute atomic E-state index is 11.3. The smallest absolute Gasteiger partial charge is 0.373 e. The van der Waals surface area contributed by atoms with Gasteiger partial charge in [0.05, 0.1) is 24.4 Å². The average molecular weight is 1200 g/mol. The molecule has 0 radical (unpaired) electrons. The molecule has 0 atom stereocenters. The van der Waals surface area contributed by atoms with Crippen molar-refractivity contribution in [2.45, 2.75) is 248 Å². The summed E-state index contributed by atoms with van der Waals surface area (Å²) >= 11 is 10.9. The zero-order valence-corrected chi connectivity index (χ0v) is 49.9. The molecule has 0 fully saturated rings. The number of hydrogen-bond donors (Lipinski definition) is 3. The molecule has 0 heterocycles. The number of nitrogens with zero attached hydrogens (tertiary/aromatic N) is 1. The Kier molecular flexibility index (Phi) is 88.0. The number of carbonyl (C=O) groups is 1. The second kappa shape index (κ2) is 63.0. The summed E-state index contributed by atoms with van der Waals surface area (Å²) in [5.41, 5.74) is 5.11. The lowest BCUT2D eigenvalue weighted by atomic mass is 10.4. The van der Waals surface area contributed by atoms with Crippen LogP contribution in [0.15, 0.2) is 0 Å². The van der Waals surface area contributed by atoms with E-state index in [1.807, 2.05) is 48.6 Å². The highest BCUT2D eigenvalue weighted by atomic mass is 127. The van der Waals surface area contributed by atoms with Gasteiger partial charge in [-0.05, 0) is 124 Å². The molecule has 0 saturated heterocycles. The fourth-order valence-electron chi connectivity index (χ4n) is 1.41. The van der Waals surface area contributed by atoms with Crippen LogP contribution >= 0.6 is 50.1 Å². The molecule has 416 valence electrons. The Balaban J connectivity index is -0.0000000567. The summed E-state index contributed by atoms with van der Waals surface area (Å²) in [7, 11) is 6.10. The largest absolute Gasteiger partial charge is 0.522 e. The second-order valence-corrected chi connectivity index (χ2v) is 21.6. The Bertz CT molecular complexity index is 828. The number of ether oxygens (including phenoxy) is 4. The van der Waals surface area contributed by atoms with Gasteiger partial charge in [-0.15, -0.1) is 24.8 Å². The third-order valence-corrected chi connectivity index (χ3v) is 3.98. The van der Waals surface area contributed by atoms with Gasteiger partial charge in [0.15, 0.2) is 0 Å². The van der Waals surface area contributed by atoms with E-state index in [9.17, 15) is 48.7 Å². The van der Waals surface area contributed by atoms with E-state index in [2.05, 4.69) is 142 Å². The Morgan fingerprint density at radius 1 is 0.682 bits per heavy atom. The maximum Gasteiger partial charge on any atom is 0.522 e.